The van der Waals surface area contributed by atoms with Crippen molar-refractivity contribution in [2.24, 2.45) is 0 Å². The molecule has 0 aliphatic carbocycles. The molecule has 1 saturated heterocycles. The Kier molecular flexibility index (Phi) is 4.65. The number of hydrogen-bond donors (Lipinski definition) is 2. The van der Waals surface area contributed by atoms with Gasteiger partial charge in [0.2, 0.25) is 0 Å². The first-order chi connectivity index (χ1) is 12.1. The summed E-state index contributed by atoms with van der Waals surface area (Å²) in [7, 11) is 0. The quantitative estimate of drug-likeness (QED) is 0.477. The lowest BCUT2D eigenvalue weighted by molar-refractivity contribution is -0.123. The third kappa shape index (κ3) is 3.14. The van der Waals surface area contributed by atoms with E-state index < -0.39 is 11.8 Å². The molecule has 6 heteroatoms. The average Bonchev–Trinajstić information content (AvgIpc) is 2.51. The summed E-state index contributed by atoms with van der Waals surface area (Å²) in [5.41, 5.74) is 4.61. The van der Waals surface area contributed by atoms with Gasteiger partial charge in [-0.1, -0.05) is 6.92 Å². The van der Waals surface area contributed by atoms with E-state index in [2.05, 4.69) is 55.4 Å². The molecular formula is C20H25N3O2S. The van der Waals surface area contributed by atoms with E-state index in [-0.39, 0.29) is 16.2 Å². The second kappa shape index (κ2) is 6.50. The number of hydrogen-bond acceptors (Lipinski definition) is 4. The van der Waals surface area contributed by atoms with Crippen LogP contribution in [0.2, 0.25) is 0 Å². The number of fused-ring (bicyclic) bond motifs is 1. The van der Waals surface area contributed by atoms with Crippen LogP contribution in [0.1, 0.15) is 56.7 Å². The second-order valence-electron chi connectivity index (χ2n) is 7.72. The highest BCUT2D eigenvalue weighted by atomic mass is 32.1. The Hall–Kier alpha value is -2.21. The first-order valence-corrected chi connectivity index (χ1v) is 9.35. The van der Waals surface area contributed by atoms with Gasteiger partial charge in [0.25, 0.3) is 11.8 Å². The summed E-state index contributed by atoms with van der Waals surface area (Å²) in [6.45, 7) is 11.9. The molecule has 2 N–H and O–H groups in total. The molecule has 0 bridgehead atoms. The Labute approximate surface area is 159 Å². The maximum absolute atomic E-state index is 12.1. The van der Waals surface area contributed by atoms with Crippen molar-refractivity contribution < 1.29 is 9.59 Å². The third-order valence-corrected chi connectivity index (χ3v) is 5.54. The molecule has 1 unspecified atom stereocenters. The van der Waals surface area contributed by atoms with Crippen LogP contribution < -0.4 is 15.5 Å². The van der Waals surface area contributed by atoms with E-state index in [0.29, 0.717) is 5.92 Å². The number of thiocarbonyl (C=S) groups is 1. The molecule has 2 amide bonds. The maximum atomic E-state index is 12.1. The van der Waals surface area contributed by atoms with Gasteiger partial charge in [-0.3, -0.25) is 20.2 Å². The molecule has 2 aliphatic rings. The topological polar surface area (TPSA) is 61.4 Å². The van der Waals surface area contributed by atoms with Crippen LogP contribution in [0.4, 0.5) is 5.69 Å². The van der Waals surface area contributed by atoms with Gasteiger partial charge in [0.1, 0.15) is 5.57 Å². The molecule has 3 rings (SSSR count). The number of amides is 2. The number of nitrogens with zero attached hydrogens (tertiary/aromatic N) is 1. The highest BCUT2D eigenvalue weighted by Crippen LogP contribution is 2.44. The Morgan fingerprint density at radius 1 is 1.27 bits per heavy atom. The third-order valence-electron chi connectivity index (χ3n) is 5.33. The lowest BCUT2D eigenvalue weighted by Gasteiger charge is -2.47. The number of benzene rings is 1. The number of anilines is 1. The lowest BCUT2D eigenvalue weighted by atomic mass is 9.79. The van der Waals surface area contributed by atoms with Crippen LogP contribution in [0.3, 0.4) is 0 Å². The molecule has 26 heavy (non-hydrogen) atoms. The Morgan fingerprint density at radius 3 is 2.46 bits per heavy atom. The number of aryl methyl sites for hydroxylation is 1. The first-order valence-electron chi connectivity index (χ1n) is 8.94. The van der Waals surface area contributed by atoms with Crippen LogP contribution in [-0.2, 0) is 9.59 Å². The zero-order chi connectivity index (χ0) is 19.2. The van der Waals surface area contributed by atoms with Crippen LogP contribution in [0.25, 0.3) is 6.08 Å². The second-order valence-corrected chi connectivity index (χ2v) is 8.13. The molecule has 5 nitrogen and oxygen atoms in total. The number of nitrogens with one attached hydrogen (secondary N) is 2. The predicted molar refractivity (Wildman–Crippen MR) is 108 cm³/mol. The fourth-order valence-corrected chi connectivity index (χ4v) is 4.35. The largest absolute Gasteiger partial charge is 0.366 e. The van der Waals surface area contributed by atoms with Crippen molar-refractivity contribution in [3.05, 3.63) is 34.4 Å². The smallest absolute Gasteiger partial charge is 0.263 e. The molecular weight excluding hydrogens is 346 g/mol. The SMILES string of the molecule is CCN1c2cc(C)c(C=C3C(=O)NC(=S)NC3=O)cc2C(C)CC1(C)C. The van der Waals surface area contributed by atoms with Crippen LogP contribution in [-0.4, -0.2) is 29.0 Å². The van der Waals surface area contributed by atoms with Crippen molar-refractivity contribution in [2.75, 3.05) is 11.4 Å². The average molecular weight is 372 g/mol. The van der Waals surface area contributed by atoms with E-state index in [9.17, 15) is 9.59 Å². The lowest BCUT2D eigenvalue weighted by Crippen LogP contribution is -2.51. The van der Waals surface area contributed by atoms with Gasteiger partial charge in [0.05, 0.1) is 0 Å². The highest BCUT2D eigenvalue weighted by molar-refractivity contribution is 7.80. The Balaban J connectivity index is 2.08. The molecule has 2 aliphatic heterocycles. The number of carbonyl (C=O) groups excluding carboxylic acids is 2. The molecule has 1 fully saturated rings. The van der Waals surface area contributed by atoms with E-state index in [1.54, 1.807) is 6.08 Å². The van der Waals surface area contributed by atoms with E-state index in [4.69, 9.17) is 12.2 Å². The van der Waals surface area contributed by atoms with Gasteiger partial charge >= 0.3 is 0 Å². The van der Waals surface area contributed by atoms with Gasteiger partial charge in [-0.05, 0) is 87.2 Å². The molecule has 1 aromatic carbocycles. The molecule has 0 saturated carbocycles. The molecule has 138 valence electrons. The summed E-state index contributed by atoms with van der Waals surface area (Å²) in [5, 5.41) is 5.01. The summed E-state index contributed by atoms with van der Waals surface area (Å²) >= 11 is 4.85. The van der Waals surface area contributed by atoms with Gasteiger partial charge < -0.3 is 4.90 Å². The van der Waals surface area contributed by atoms with Crippen molar-refractivity contribution >= 4 is 40.9 Å². The highest BCUT2D eigenvalue weighted by Gasteiger charge is 2.36. The minimum Gasteiger partial charge on any atom is -0.366 e. The summed E-state index contributed by atoms with van der Waals surface area (Å²) in [6.07, 6.45) is 2.72. The van der Waals surface area contributed by atoms with Gasteiger partial charge in [-0.2, -0.15) is 0 Å². The minimum absolute atomic E-state index is 0.0498. The molecule has 2 heterocycles. The van der Waals surface area contributed by atoms with Crippen molar-refractivity contribution in [3.63, 3.8) is 0 Å². The predicted octanol–water partition coefficient (Wildman–Crippen LogP) is 3.02. The fourth-order valence-electron chi connectivity index (χ4n) is 4.17. The van der Waals surface area contributed by atoms with Crippen LogP contribution in [0, 0.1) is 6.92 Å². The number of carbonyl (C=O) groups is 2. The van der Waals surface area contributed by atoms with Crippen molar-refractivity contribution in [1.82, 2.24) is 10.6 Å². The van der Waals surface area contributed by atoms with Crippen LogP contribution in [0.15, 0.2) is 17.7 Å². The van der Waals surface area contributed by atoms with E-state index in [1.807, 2.05) is 6.92 Å². The molecule has 0 aromatic heterocycles. The van der Waals surface area contributed by atoms with Gasteiger partial charge in [-0.15, -0.1) is 0 Å². The van der Waals surface area contributed by atoms with Gasteiger partial charge in [0, 0.05) is 17.8 Å². The molecule has 0 radical (unpaired) electrons. The summed E-state index contributed by atoms with van der Waals surface area (Å²) < 4.78 is 0. The van der Waals surface area contributed by atoms with Crippen LogP contribution >= 0.6 is 12.2 Å². The van der Waals surface area contributed by atoms with Gasteiger partial charge in [-0.25, -0.2) is 0 Å². The minimum atomic E-state index is -0.458. The molecule has 1 atom stereocenters. The monoisotopic (exact) mass is 371 g/mol. The van der Waals surface area contributed by atoms with Crippen molar-refractivity contribution in [1.29, 1.82) is 0 Å². The maximum Gasteiger partial charge on any atom is 0.263 e. The Morgan fingerprint density at radius 2 is 1.88 bits per heavy atom. The van der Waals surface area contributed by atoms with E-state index in [0.717, 1.165) is 24.1 Å². The first kappa shape index (κ1) is 18.6. The fraction of sp³-hybridized carbons (Fsp3) is 0.450. The van der Waals surface area contributed by atoms with Crippen molar-refractivity contribution in [3.8, 4) is 0 Å². The zero-order valence-corrected chi connectivity index (χ0v) is 16.7. The normalized spacial score (nSPS) is 21.9. The number of rotatable bonds is 2. The van der Waals surface area contributed by atoms with Gasteiger partial charge in [0.15, 0.2) is 5.11 Å². The summed E-state index contributed by atoms with van der Waals surface area (Å²) in [5.74, 6) is -0.511. The molecule has 1 aromatic rings. The summed E-state index contributed by atoms with van der Waals surface area (Å²) in [4.78, 5) is 26.7. The van der Waals surface area contributed by atoms with Crippen molar-refractivity contribution in [2.45, 2.75) is 52.5 Å². The zero-order valence-electron chi connectivity index (χ0n) is 15.9. The van der Waals surface area contributed by atoms with E-state index in [1.165, 1.54) is 11.3 Å². The summed E-state index contributed by atoms with van der Waals surface area (Å²) in [6, 6.07) is 4.29. The van der Waals surface area contributed by atoms with Crippen LogP contribution in [0.5, 0.6) is 0 Å². The Bertz CT molecular complexity index is 820. The van der Waals surface area contributed by atoms with E-state index >= 15 is 0 Å². The standard InChI is InChI=1S/C20H25N3O2S/c1-6-23-16-7-11(2)13(8-14(16)12(3)10-20(23,4)5)9-15-17(24)21-19(26)22-18(15)25/h7-9,12H,6,10H2,1-5H3,(H2,21,22,24,25,26). The molecule has 0 spiro atoms.